The molecule has 0 bridgehead atoms. The van der Waals surface area contributed by atoms with Gasteiger partial charge >= 0.3 is 0 Å². The number of halogens is 1. The van der Waals surface area contributed by atoms with Crippen LogP contribution in [0.1, 0.15) is 32.3 Å². The van der Waals surface area contributed by atoms with Crippen LogP contribution in [-0.2, 0) is 6.54 Å². The van der Waals surface area contributed by atoms with Crippen LogP contribution in [0.3, 0.4) is 0 Å². The first kappa shape index (κ1) is 17.3. The van der Waals surface area contributed by atoms with Crippen molar-refractivity contribution in [2.24, 2.45) is 5.41 Å². The molecular formula is C15H24BrNO3. The fourth-order valence-electron chi connectivity index (χ4n) is 1.88. The molecule has 0 aromatic heterocycles. The predicted molar refractivity (Wildman–Crippen MR) is 84.2 cm³/mol. The number of phenolic OH excluding ortho intramolecular Hbond substituents is 1. The van der Waals surface area contributed by atoms with Crippen LogP contribution in [-0.4, -0.2) is 30.5 Å². The second-order valence-electron chi connectivity index (χ2n) is 5.72. The van der Waals surface area contributed by atoms with Crippen molar-refractivity contribution in [3.05, 3.63) is 22.2 Å². The molecule has 0 saturated heterocycles. The zero-order valence-corrected chi connectivity index (χ0v) is 14.0. The van der Waals surface area contributed by atoms with E-state index in [4.69, 9.17) is 4.74 Å². The number of aliphatic hydroxyl groups excluding tert-OH is 1. The van der Waals surface area contributed by atoms with Gasteiger partial charge in [0.05, 0.1) is 7.11 Å². The molecule has 1 rings (SSSR count). The lowest BCUT2D eigenvalue weighted by Crippen LogP contribution is -2.21. The Balaban J connectivity index is 2.43. The van der Waals surface area contributed by atoms with Crippen molar-refractivity contribution in [1.29, 1.82) is 0 Å². The number of benzene rings is 1. The van der Waals surface area contributed by atoms with E-state index in [-0.39, 0.29) is 17.8 Å². The Morgan fingerprint density at radius 1 is 1.35 bits per heavy atom. The Labute approximate surface area is 129 Å². The van der Waals surface area contributed by atoms with E-state index in [1.165, 1.54) is 7.11 Å². The summed E-state index contributed by atoms with van der Waals surface area (Å²) in [6, 6.07) is 3.47. The van der Waals surface area contributed by atoms with Gasteiger partial charge in [-0.2, -0.15) is 0 Å². The van der Waals surface area contributed by atoms with Crippen LogP contribution < -0.4 is 10.1 Å². The van der Waals surface area contributed by atoms with Gasteiger partial charge in [-0.3, -0.25) is 0 Å². The highest BCUT2D eigenvalue weighted by Crippen LogP contribution is 2.32. The SMILES string of the molecule is COc1cc(CNCCCC(C)(C)CO)c(Br)cc1O. The monoisotopic (exact) mass is 345 g/mol. The largest absolute Gasteiger partial charge is 0.504 e. The maximum atomic E-state index is 9.64. The number of methoxy groups -OCH3 is 1. The Morgan fingerprint density at radius 2 is 2.05 bits per heavy atom. The molecule has 1 aromatic rings. The molecule has 0 heterocycles. The van der Waals surface area contributed by atoms with Gasteiger partial charge in [0.1, 0.15) is 0 Å². The van der Waals surface area contributed by atoms with E-state index in [2.05, 4.69) is 35.1 Å². The molecule has 0 spiro atoms. The van der Waals surface area contributed by atoms with Crippen molar-refractivity contribution in [2.75, 3.05) is 20.3 Å². The molecule has 0 radical (unpaired) electrons. The Hall–Kier alpha value is -0.780. The molecule has 5 heteroatoms. The van der Waals surface area contributed by atoms with Crippen molar-refractivity contribution in [3.8, 4) is 11.5 Å². The average molecular weight is 346 g/mol. The van der Waals surface area contributed by atoms with E-state index in [9.17, 15) is 10.2 Å². The fourth-order valence-corrected chi connectivity index (χ4v) is 2.35. The number of phenols is 1. The van der Waals surface area contributed by atoms with Crippen LogP contribution in [0.4, 0.5) is 0 Å². The van der Waals surface area contributed by atoms with E-state index in [0.717, 1.165) is 29.4 Å². The van der Waals surface area contributed by atoms with Gasteiger partial charge in [-0.25, -0.2) is 0 Å². The highest BCUT2D eigenvalue weighted by molar-refractivity contribution is 9.10. The first-order valence-electron chi connectivity index (χ1n) is 6.76. The molecule has 0 saturated carbocycles. The zero-order chi connectivity index (χ0) is 15.2. The van der Waals surface area contributed by atoms with E-state index >= 15 is 0 Å². The van der Waals surface area contributed by atoms with Crippen LogP contribution in [0.2, 0.25) is 0 Å². The molecule has 0 unspecified atom stereocenters. The zero-order valence-electron chi connectivity index (χ0n) is 12.4. The maximum absolute atomic E-state index is 9.64. The van der Waals surface area contributed by atoms with Gasteiger partial charge in [0.25, 0.3) is 0 Å². The van der Waals surface area contributed by atoms with Crippen molar-refractivity contribution in [3.63, 3.8) is 0 Å². The highest BCUT2D eigenvalue weighted by Gasteiger charge is 2.15. The summed E-state index contributed by atoms with van der Waals surface area (Å²) in [6.45, 7) is 5.94. The molecule has 0 aliphatic carbocycles. The van der Waals surface area contributed by atoms with Crippen LogP contribution in [0.5, 0.6) is 11.5 Å². The number of hydrogen-bond donors (Lipinski definition) is 3. The summed E-state index contributed by atoms with van der Waals surface area (Å²) in [6.07, 6.45) is 2.00. The quantitative estimate of drug-likeness (QED) is 0.633. The van der Waals surface area contributed by atoms with Gasteiger partial charge in [0, 0.05) is 17.6 Å². The molecule has 0 aliphatic heterocycles. The van der Waals surface area contributed by atoms with E-state index in [1.54, 1.807) is 6.07 Å². The number of aromatic hydroxyl groups is 1. The maximum Gasteiger partial charge on any atom is 0.160 e. The van der Waals surface area contributed by atoms with Gasteiger partial charge in [-0.05, 0) is 42.5 Å². The second-order valence-corrected chi connectivity index (χ2v) is 6.57. The van der Waals surface area contributed by atoms with Crippen LogP contribution in [0.25, 0.3) is 0 Å². The van der Waals surface area contributed by atoms with E-state index < -0.39 is 0 Å². The number of hydrogen-bond acceptors (Lipinski definition) is 4. The molecule has 114 valence electrons. The summed E-state index contributed by atoms with van der Waals surface area (Å²) in [5.74, 6) is 0.610. The van der Waals surface area contributed by atoms with Crippen molar-refractivity contribution in [1.82, 2.24) is 5.32 Å². The Kier molecular flexibility index (Phi) is 6.79. The van der Waals surface area contributed by atoms with Crippen LogP contribution in [0.15, 0.2) is 16.6 Å². The smallest absolute Gasteiger partial charge is 0.160 e. The van der Waals surface area contributed by atoms with Crippen LogP contribution >= 0.6 is 15.9 Å². The van der Waals surface area contributed by atoms with Gasteiger partial charge in [-0.1, -0.05) is 29.8 Å². The Morgan fingerprint density at radius 3 is 2.65 bits per heavy atom. The van der Waals surface area contributed by atoms with Crippen molar-refractivity contribution >= 4 is 15.9 Å². The number of aliphatic hydroxyl groups is 1. The van der Waals surface area contributed by atoms with Crippen molar-refractivity contribution < 1.29 is 14.9 Å². The lowest BCUT2D eigenvalue weighted by molar-refractivity contribution is 0.148. The Bertz CT molecular complexity index is 435. The molecule has 0 aliphatic rings. The molecule has 1 aromatic carbocycles. The summed E-state index contributed by atoms with van der Waals surface area (Å²) in [7, 11) is 1.54. The normalized spacial score (nSPS) is 11.7. The average Bonchev–Trinajstić information content (AvgIpc) is 2.40. The first-order valence-corrected chi connectivity index (χ1v) is 7.56. The lowest BCUT2D eigenvalue weighted by Gasteiger charge is -2.21. The molecule has 0 amide bonds. The molecule has 4 nitrogen and oxygen atoms in total. The molecular weight excluding hydrogens is 322 g/mol. The fraction of sp³-hybridized carbons (Fsp3) is 0.600. The molecule has 0 atom stereocenters. The summed E-state index contributed by atoms with van der Waals surface area (Å²) in [5, 5.41) is 22.2. The first-order chi connectivity index (χ1) is 9.39. The van der Waals surface area contributed by atoms with Crippen LogP contribution in [0, 0.1) is 5.41 Å². The van der Waals surface area contributed by atoms with Crippen molar-refractivity contribution in [2.45, 2.75) is 33.2 Å². The lowest BCUT2D eigenvalue weighted by atomic mass is 9.89. The minimum Gasteiger partial charge on any atom is -0.504 e. The van der Waals surface area contributed by atoms with E-state index in [1.807, 2.05) is 6.07 Å². The number of nitrogens with one attached hydrogen (secondary N) is 1. The third kappa shape index (κ3) is 5.31. The minimum absolute atomic E-state index is 0.00990. The van der Waals surface area contributed by atoms with E-state index in [0.29, 0.717) is 12.3 Å². The third-order valence-corrected chi connectivity index (χ3v) is 4.04. The molecule has 3 N–H and O–H groups in total. The summed E-state index contributed by atoms with van der Waals surface area (Å²) < 4.78 is 5.96. The molecule has 20 heavy (non-hydrogen) atoms. The van der Waals surface area contributed by atoms with Gasteiger partial charge in [0.15, 0.2) is 11.5 Å². The third-order valence-electron chi connectivity index (χ3n) is 3.30. The van der Waals surface area contributed by atoms with Gasteiger partial charge in [0.2, 0.25) is 0 Å². The predicted octanol–water partition coefficient (Wildman–Crippen LogP) is 3.05. The standard InChI is InChI=1S/C15H24BrNO3/c1-15(2,10-18)5-4-6-17-9-11-7-14(20-3)13(19)8-12(11)16/h7-8,17-19H,4-6,9-10H2,1-3H3. The van der Waals surface area contributed by atoms with Gasteiger partial charge in [-0.15, -0.1) is 0 Å². The topological polar surface area (TPSA) is 61.7 Å². The summed E-state index contributed by atoms with van der Waals surface area (Å²) in [4.78, 5) is 0. The molecule has 0 fully saturated rings. The summed E-state index contributed by atoms with van der Waals surface area (Å²) in [5.41, 5.74) is 1.03. The minimum atomic E-state index is -0.00990. The van der Waals surface area contributed by atoms with Gasteiger partial charge < -0.3 is 20.3 Å². The summed E-state index contributed by atoms with van der Waals surface area (Å²) >= 11 is 3.43. The number of ether oxygens (including phenoxy) is 1. The number of rotatable bonds is 8. The highest BCUT2D eigenvalue weighted by atomic mass is 79.9. The second kappa shape index (κ2) is 7.86.